The molecule has 22 heavy (non-hydrogen) atoms. The Labute approximate surface area is 132 Å². The third-order valence-electron chi connectivity index (χ3n) is 3.83. The van der Waals surface area contributed by atoms with E-state index in [1.807, 2.05) is 26.8 Å². The van der Waals surface area contributed by atoms with E-state index in [0.29, 0.717) is 11.0 Å². The summed E-state index contributed by atoms with van der Waals surface area (Å²) in [5.74, 6) is -0.277. The summed E-state index contributed by atoms with van der Waals surface area (Å²) in [6.07, 6.45) is 0.858. The van der Waals surface area contributed by atoms with Gasteiger partial charge in [-0.3, -0.25) is 14.9 Å². The number of nitrogens with zero attached hydrogens (tertiary/aromatic N) is 1. The predicted octanol–water partition coefficient (Wildman–Crippen LogP) is 3.05. The fourth-order valence-electron chi connectivity index (χ4n) is 2.47. The molecule has 1 aromatic carbocycles. The highest BCUT2D eigenvalue weighted by Crippen LogP contribution is 2.38. The maximum atomic E-state index is 11.8. The lowest BCUT2D eigenvalue weighted by Gasteiger charge is -2.03. The molecule has 1 saturated carbocycles. The highest BCUT2D eigenvalue weighted by molar-refractivity contribution is 7.22. The molecule has 1 aliphatic rings. The van der Waals surface area contributed by atoms with Crippen LogP contribution in [0, 0.1) is 25.7 Å². The first-order chi connectivity index (χ1) is 10.4. The molecule has 5 nitrogen and oxygen atoms in total. The molecule has 1 aliphatic carbocycles. The van der Waals surface area contributed by atoms with Crippen molar-refractivity contribution in [3.8, 4) is 0 Å². The van der Waals surface area contributed by atoms with Crippen LogP contribution in [0.1, 0.15) is 24.5 Å². The van der Waals surface area contributed by atoms with Crippen LogP contribution in [0.2, 0.25) is 0 Å². The second-order valence-corrected chi connectivity index (χ2v) is 6.95. The quantitative estimate of drug-likeness (QED) is 0.880. The second kappa shape index (κ2) is 5.68. The van der Waals surface area contributed by atoms with Crippen LogP contribution >= 0.6 is 11.3 Å². The SMILES string of the molecule is Cc1cc(C)c2nc(NC(=O)COC(=O)C3CC3C)sc2c1. The number of fused-ring (bicyclic) bond motifs is 1. The van der Waals surface area contributed by atoms with Crippen molar-refractivity contribution in [3.05, 3.63) is 23.3 Å². The van der Waals surface area contributed by atoms with Crippen LogP contribution in [0.15, 0.2) is 12.1 Å². The number of anilines is 1. The van der Waals surface area contributed by atoms with Gasteiger partial charge < -0.3 is 4.74 Å². The summed E-state index contributed by atoms with van der Waals surface area (Å²) < 4.78 is 6.05. The molecule has 0 bridgehead atoms. The molecule has 1 aromatic heterocycles. The van der Waals surface area contributed by atoms with E-state index >= 15 is 0 Å². The number of aromatic nitrogens is 1. The van der Waals surface area contributed by atoms with Gasteiger partial charge in [0.1, 0.15) is 0 Å². The van der Waals surface area contributed by atoms with Gasteiger partial charge in [0.15, 0.2) is 11.7 Å². The third-order valence-corrected chi connectivity index (χ3v) is 4.75. The normalized spacial score (nSPS) is 20.0. The lowest BCUT2D eigenvalue weighted by Crippen LogP contribution is -2.21. The van der Waals surface area contributed by atoms with Crippen LogP contribution in [-0.2, 0) is 14.3 Å². The molecule has 0 spiro atoms. The fraction of sp³-hybridized carbons (Fsp3) is 0.438. The molecule has 6 heteroatoms. The molecule has 0 saturated heterocycles. The highest BCUT2D eigenvalue weighted by atomic mass is 32.1. The second-order valence-electron chi connectivity index (χ2n) is 5.92. The average molecular weight is 318 g/mol. The number of ether oxygens (including phenoxy) is 1. The molecule has 3 rings (SSSR count). The molecular weight excluding hydrogens is 300 g/mol. The first-order valence-corrected chi connectivity index (χ1v) is 8.10. The lowest BCUT2D eigenvalue weighted by molar-refractivity contribution is -0.148. The number of hydrogen-bond donors (Lipinski definition) is 1. The zero-order chi connectivity index (χ0) is 15.9. The smallest absolute Gasteiger partial charge is 0.309 e. The van der Waals surface area contributed by atoms with Gasteiger partial charge in [-0.15, -0.1) is 0 Å². The van der Waals surface area contributed by atoms with Crippen molar-refractivity contribution >= 4 is 38.6 Å². The molecule has 1 fully saturated rings. The van der Waals surface area contributed by atoms with E-state index in [4.69, 9.17) is 4.74 Å². The monoisotopic (exact) mass is 318 g/mol. The number of aryl methyl sites for hydroxylation is 2. The van der Waals surface area contributed by atoms with Crippen molar-refractivity contribution in [2.24, 2.45) is 11.8 Å². The average Bonchev–Trinajstić information content (AvgIpc) is 3.03. The van der Waals surface area contributed by atoms with Gasteiger partial charge in [-0.25, -0.2) is 4.98 Å². The van der Waals surface area contributed by atoms with Gasteiger partial charge in [0.05, 0.1) is 16.1 Å². The van der Waals surface area contributed by atoms with Gasteiger partial charge in [-0.2, -0.15) is 0 Å². The maximum Gasteiger partial charge on any atom is 0.309 e. The molecule has 1 heterocycles. The predicted molar refractivity (Wildman–Crippen MR) is 86.0 cm³/mol. The number of rotatable bonds is 4. The van der Waals surface area contributed by atoms with Crippen LogP contribution in [-0.4, -0.2) is 23.5 Å². The van der Waals surface area contributed by atoms with Gasteiger partial charge in [-0.05, 0) is 43.4 Å². The van der Waals surface area contributed by atoms with Crippen molar-refractivity contribution < 1.29 is 14.3 Å². The van der Waals surface area contributed by atoms with Crippen LogP contribution in [0.25, 0.3) is 10.2 Å². The Bertz CT molecular complexity index is 753. The topological polar surface area (TPSA) is 68.3 Å². The van der Waals surface area contributed by atoms with Gasteiger partial charge in [0, 0.05) is 0 Å². The molecule has 2 unspecified atom stereocenters. The maximum absolute atomic E-state index is 11.8. The Hall–Kier alpha value is -1.95. The Morgan fingerprint density at radius 2 is 2.14 bits per heavy atom. The van der Waals surface area contributed by atoms with E-state index in [9.17, 15) is 9.59 Å². The minimum Gasteiger partial charge on any atom is -0.455 e. The van der Waals surface area contributed by atoms with E-state index in [2.05, 4.69) is 16.4 Å². The Morgan fingerprint density at radius 3 is 2.82 bits per heavy atom. The van der Waals surface area contributed by atoms with Crippen molar-refractivity contribution in [2.75, 3.05) is 11.9 Å². The van der Waals surface area contributed by atoms with E-state index in [1.165, 1.54) is 16.9 Å². The summed E-state index contributed by atoms with van der Waals surface area (Å²) in [4.78, 5) is 27.9. The van der Waals surface area contributed by atoms with Gasteiger partial charge in [0.2, 0.25) is 0 Å². The molecule has 116 valence electrons. The molecule has 1 amide bonds. The Morgan fingerprint density at radius 1 is 1.41 bits per heavy atom. The Balaban J connectivity index is 1.61. The van der Waals surface area contributed by atoms with E-state index in [1.54, 1.807) is 0 Å². The summed E-state index contributed by atoms with van der Waals surface area (Å²) in [7, 11) is 0. The van der Waals surface area contributed by atoms with Gasteiger partial charge >= 0.3 is 5.97 Å². The number of esters is 1. The summed E-state index contributed by atoms with van der Waals surface area (Å²) in [5, 5.41) is 3.23. The van der Waals surface area contributed by atoms with Gasteiger partial charge in [0.25, 0.3) is 5.91 Å². The molecule has 0 radical (unpaired) electrons. The minimum absolute atomic E-state index is 0.0270. The van der Waals surface area contributed by atoms with Crippen LogP contribution < -0.4 is 5.32 Å². The van der Waals surface area contributed by atoms with Crippen LogP contribution in [0.5, 0.6) is 0 Å². The molecule has 1 N–H and O–H groups in total. The molecule has 2 atom stereocenters. The lowest BCUT2D eigenvalue weighted by atomic mass is 10.1. The number of amides is 1. The highest BCUT2D eigenvalue weighted by Gasteiger charge is 2.40. The summed E-state index contributed by atoms with van der Waals surface area (Å²) in [5.41, 5.74) is 3.15. The van der Waals surface area contributed by atoms with E-state index < -0.39 is 0 Å². The summed E-state index contributed by atoms with van der Waals surface area (Å²) in [6.45, 7) is 5.77. The van der Waals surface area contributed by atoms with Crippen molar-refractivity contribution in [1.82, 2.24) is 4.98 Å². The first kappa shape index (κ1) is 15.0. The largest absolute Gasteiger partial charge is 0.455 e. The van der Waals surface area contributed by atoms with Crippen molar-refractivity contribution in [2.45, 2.75) is 27.2 Å². The standard InChI is InChI=1S/C16H18N2O3S/c1-8-4-10(3)14-12(5-8)22-16(18-14)17-13(19)7-21-15(20)11-6-9(11)2/h4-5,9,11H,6-7H2,1-3H3,(H,17,18,19). The molecular formula is C16H18N2O3S. The van der Waals surface area contributed by atoms with Gasteiger partial charge in [-0.1, -0.05) is 24.3 Å². The number of thiazole rings is 1. The van der Waals surface area contributed by atoms with Crippen molar-refractivity contribution in [3.63, 3.8) is 0 Å². The number of nitrogens with one attached hydrogen (secondary N) is 1. The zero-order valence-electron chi connectivity index (χ0n) is 12.8. The summed E-state index contributed by atoms with van der Waals surface area (Å²) >= 11 is 1.42. The van der Waals surface area contributed by atoms with E-state index in [0.717, 1.165) is 22.2 Å². The molecule has 2 aromatic rings. The fourth-order valence-corrected chi connectivity index (χ4v) is 3.53. The number of hydrogen-bond acceptors (Lipinski definition) is 5. The minimum atomic E-state index is -0.352. The third kappa shape index (κ3) is 3.11. The van der Waals surface area contributed by atoms with Crippen molar-refractivity contribution in [1.29, 1.82) is 0 Å². The Kier molecular flexibility index (Phi) is 3.87. The van der Waals surface area contributed by atoms with Crippen LogP contribution in [0.3, 0.4) is 0 Å². The number of carbonyl (C=O) groups excluding carboxylic acids is 2. The first-order valence-electron chi connectivity index (χ1n) is 7.28. The number of carbonyl (C=O) groups is 2. The summed E-state index contributed by atoms with van der Waals surface area (Å²) in [6, 6.07) is 4.11. The molecule has 0 aliphatic heterocycles. The zero-order valence-corrected chi connectivity index (χ0v) is 13.6. The number of benzene rings is 1. The van der Waals surface area contributed by atoms with E-state index in [-0.39, 0.29) is 24.4 Å². The van der Waals surface area contributed by atoms with Crippen LogP contribution in [0.4, 0.5) is 5.13 Å².